The number of benzene rings is 1. The monoisotopic (exact) mass is 407 g/mol. The fourth-order valence-corrected chi connectivity index (χ4v) is 3.76. The SMILES string of the molecule is CCC(CC)NC(=O)COC(=O)c1ccccc1SC[C@]1(C)NC(=O)NC1=O. The summed E-state index contributed by atoms with van der Waals surface area (Å²) in [5.41, 5.74) is -0.760. The summed E-state index contributed by atoms with van der Waals surface area (Å²) in [4.78, 5) is 48.2. The highest BCUT2D eigenvalue weighted by Crippen LogP contribution is 2.28. The molecule has 0 aliphatic carbocycles. The van der Waals surface area contributed by atoms with Crippen molar-refractivity contribution in [2.45, 2.75) is 50.1 Å². The third-order valence-electron chi connectivity index (χ3n) is 4.43. The van der Waals surface area contributed by atoms with Crippen molar-refractivity contribution in [3.63, 3.8) is 0 Å². The van der Waals surface area contributed by atoms with Crippen LogP contribution in [0.5, 0.6) is 0 Å². The third-order valence-corrected chi connectivity index (χ3v) is 5.81. The standard InChI is InChI=1S/C19H25N3O5S/c1-4-12(5-2)20-15(23)10-27-16(24)13-8-6-7-9-14(13)28-11-19(3)17(25)21-18(26)22-19/h6-9,12H,4-5,10-11H2,1-3H3,(H,20,23)(H2,21,22,25,26)/t19-/m0/s1. The summed E-state index contributed by atoms with van der Waals surface area (Å²) in [6, 6.07) is 6.29. The van der Waals surface area contributed by atoms with E-state index < -0.39 is 23.4 Å². The lowest BCUT2D eigenvalue weighted by molar-refractivity contribution is -0.125. The van der Waals surface area contributed by atoms with Crippen LogP contribution in [-0.4, -0.2) is 47.8 Å². The van der Waals surface area contributed by atoms with E-state index >= 15 is 0 Å². The van der Waals surface area contributed by atoms with Crippen LogP contribution in [-0.2, 0) is 14.3 Å². The van der Waals surface area contributed by atoms with Gasteiger partial charge >= 0.3 is 12.0 Å². The van der Waals surface area contributed by atoms with Crippen LogP contribution in [0.15, 0.2) is 29.2 Å². The van der Waals surface area contributed by atoms with Gasteiger partial charge in [-0.1, -0.05) is 26.0 Å². The van der Waals surface area contributed by atoms with Crippen LogP contribution in [0.3, 0.4) is 0 Å². The predicted molar refractivity (Wildman–Crippen MR) is 105 cm³/mol. The molecule has 1 aliphatic rings. The van der Waals surface area contributed by atoms with Crippen molar-refractivity contribution in [3.05, 3.63) is 29.8 Å². The van der Waals surface area contributed by atoms with Crippen LogP contribution in [0.25, 0.3) is 0 Å². The summed E-state index contributed by atoms with van der Waals surface area (Å²) in [5.74, 6) is -1.13. The first-order valence-corrected chi connectivity index (χ1v) is 10.1. The minimum Gasteiger partial charge on any atom is -0.452 e. The molecule has 0 aromatic heterocycles. The van der Waals surface area contributed by atoms with Gasteiger partial charge in [-0.25, -0.2) is 9.59 Å². The smallest absolute Gasteiger partial charge is 0.339 e. The number of hydrogen-bond acceptors (Lipinski definition) is 6. The van der Waals surface area contributed by atoms with Gasteiger partial charge in [-0.15, -0.1) is 11.8 Å². The Morgan fingerprint density at radius 3 is 2.50 bits per heavy atom. The molecule has 3 N–H and O–H groups in total. The molecule has 1 heterocycles. The molecule has 0 saturated carbocycles. The third kappa shape index (κ3) is 5.48. The minimum absolute atomic E-state index is 0.0579. The average molecular weight is 407 g/mol. The van der Waals surface area contributed by atoms with Gasteiger partial charge in [-0.05, 0) is 31.9 Å². The highest BCUT2D eigenvalue weighted by atomic mass is 32.2. The van der Waals surface area contributed by atoms with Gasteiger partial charge in [-0.3, -0.25) is 14.9 Å². The second kappa shape index (κ2) is 9.59. The van der Waals surface area contributed by atoms with E-state index in [2.05, 4.69) is 16.0 Å². The van der Waals surface area contributed by atoms with Crippen molar-refractivity contribution in [2.24, 2.45) is 0 Å². The van der Waals surface area contributed by atoms with Crippen LogP contribution in [0.2, 0.25) is 0 Å². The average Bonchev–Trinajstić information content (AvgIpc) is 2.94. The number of imide groups is 1. The Hall–Kier alpha value is -2.55. The number of carbonyl (C=O) groups is 4. The molecule has 1 fully saturated rings. The summed E-state index contributed by atoms with van der Waals surface area (Å²) in [6.07, 6.45) is 1.61. The summed E-state index contributed by atoms with van der Waals surface area (Å²) >= 11 is 1.25. The number of rotatable bonds is 9. The lowest BCUT2D eigenvalue weighted by atomic mass is 10.1. The zero-order chi connectivity index (χ0) is 20.7. The van der Waals surface area contributed by atoms with E-state index in [1.54, 1.807) is 31.2 Å². The van der Waals surface area contributed by atoms with Crippen LogP contribution < -0.4 is 16.0 Å². The molecule has 1 aromatic rings. The zero-order valence-corrected chi connectivity index (χ0v) is 17.0. The van der Waals surface area contributed by atoms with Crippen LogP contribution in [0.4, 0.5) is 4.79 Å². The number of carbonyl (C=O) groups excluding carboxylic acids is 4. The van der Waals surface area contributed by atoms with E-state index in [-0.39, 0.29) is 24.3 Å². The lowest BCUT2D eigenvalue weighted by Crippen LogP contribution is -2.46. The van der Waals surface area contributed by atoms with Crippen molar-refractivity contribution in [1.29, 1.82) is 0 Å². The van der Waals surface area contributed by atoms with E-state index in [0.29, 0.717) is 10.5 Å². The number of hydrogen-bond donors (Lipinski definition) is 3. The van der Waals surface area contributed by atoms with Gasteiger partial charge in [0.15, 0.2) is 6.61 Å². The van der Waals surface area contributed by atoms with E-state index in [1.165, 1.54) is 11.8 Å². The Kier molecular flexibility index (Phi) is 7.45. The normalized spacial score (nSPS) is 18.6. The molecule has 152 valence electrons. The summed E-state index contributed by atoms with van der Waals surface area (Å²) in [5, 5.41) is 7.59. The van der Waals surface area contributed by atoms with Crippen molar-refractivity contribution >= 4 is 35.6 Å². The van der Waals surface area contributed by atoms with Crippen molar-refractivity contribution < 1.29 is 23.9 Å². The van der Waals surface area contributed by atoms with Gasteiger partial charge < -0.3 is 15.4 Å². The summed E-state index contributed by atoms with van der Waals surface area (Å²) in [6.45, 7) is 5.21. The topological polar surface area (TPSA) is 114 Å². The van der Waals surface area contributed by atoms with Crippen LogP contribution >= 0.6 is 11.8 Å². The highest BCUT2D eigenvalue weighted by molar-refractivity contribution is 7.99. The first-order chi connectivity index (χ1) is 13.3. The summed E-state index contributed by atoms with van der Waals surface area (Å²) < 4.78 is 5.14. The van der Waals surface area contributed by atoms with Gasteiger partial charge in [0, 0.05) is 16.7 Å². The molecule has 4 amide bonds. The highest BCUT2D eigenvalue weighted by Gasteiger charge is 2.41. The Morgan fingerprint density at radius 1 is 1.21 bits per heavy atom. The molecule has 8 nitrogen and oxygen atoms in total. The molecule has 28 heavy (non-hydrogen) atoms. The van der Waals surface area contributed by atoms with E-state index in [4.69, 9.17) is 4.74 Å². The zero-order valence-electron chi connectivity index (χ0n) is 16.2. The minimum atomic E-state index is -1.06. The van der Waals surface area contributed by atoms with Crippen LogP contribution in [0.1, 0.15) is 44.0 Å². The quantitative estimate of drug-likeness (QED) is 0.327. The number of ether oxygens (including phenoxy) is 1. The second-order valence-corrected chi connectivity index (χ2v) is 7.70. The largest absolute Gasteiger partial charge is 0.452 e. The number of amides is 4. The molecular formula is C19H25N3O5S. The molecule has 1 aromatic carbocycles. The molecule has 0 unspecified atom stereocenters. The van der Waals surface area contributed by atoms with E-state index in [0.717, 1.165) is 12.8 Å². The number of nitrogens with one attached hydrogen (secondary N) is 3. The Balaban J connectivity index is 1.97. The molecule has 1 aliphatic heterocycles. The molecular weight excluding hydrogens is 382 g/mol. The number of urea groups is 1. The van der Waals surface area contributed by atoms with Gasteiger partial charge in [0.05, 0.1) is 5.56 Å². The first kappa shape index (κ1) is 21.7. The molecule has 0 spiro atoms. The molecule has 1 saturated heterocycles. The van der Waals surface area contributed by atoms with E-state index in [9.17, 15) is 19.2 Å². The molecule has 2 rings (SSSR count). The summed E-state index contributed by atoms with van der Waals surface area (Å²) in [7, 11) is 0. The Morgan fingerprint density at radius 2 is 1.89 bits per heavy atom. The van der Waals surface area contributed by atoms with Crippen molar-refractivity contribution in [3.8, 4) is 0 Å². The van der Waals surface area contributed by atoms with E-state index in [1.807, 2.05) is 13.8 Å². The number of esters is 1. The van der Waals surface area contributed by atoms with Gasteiger partial charge in [0.25, 0.3) is 11.8 Å². The Labute approximate surface area is 168 Å². The molecule has 9 heteroatoms. The first-order valence-electron chi connectivity index (χ1n) is 9.11. The second-order valence-electron chi connectivity index (χ2n) is 6.68. The Bertz CT molecular complexity index is 766. The fraction of sp³-hybridized carbons (Fsp3) is 0.474. The van der Waals surface area contributed by atoms with Gasteiger partial charge in [-0.2, -0.15) is 0 Å². The maximum Gasteiger partial charge on any atom is 0.339 e. The molecule has 0 radical (unpaired) electrons. The van der Waals surface area contributed by atoms with Crippen LogP contribution in [0, 0.1) is 0 Å². The lowest BCUT2D eigenvalue weighted by Gasteiger charge is -2.20. The predicted octanol–water partition coefficient (Wildman–Crippen LogP) is 1.84. The molecule has 1 atom stereocenters. The number of thioether (sulfide) groups is 1. The van der Waals surface area contributed by atoms with Gasteiger partial charge in [0.2, 0.25) is 0 Å². The maximum absolute atomic E-state index is 12.4. The van der Waals surface area contributed by atoms with Gasteiger partial charge in [0.1, 0.15) is 5.54 Å². The van der Waals surface area contributed by atoms with Crippen molar-refractivity contribution in [2.75, 3.05) is 12.4 Å². The molecule has 0 bridgehead atoms. The fourth-order valence-electron chi connectivity index (χ4n) is 2.64. The van der Waals surface area contributed by atoms with Crippen molar-refractivity contribution in [1.82, 2.24) is 16.0 Å². The maximum atomic E-state index is 12.4.